The van der Waals surface area contributed by atoms with Crippen molar-refractivity contribution in [2.45, 2.75) is 12.5 Å². The van der Waals surface area contributed by atoms with Gasteiger partial charge in [0, 0.05) is 44.0 Å². The van der Waals surface area contributed by atoms with Crippen LogP contribution in [0.5, 0.6) is 0 Å². The number of anilines is 2. The molecule has 9 heteroatoms. The molecule has 0 spiro atoms. The maximum absolute atomic E-state index is 14.1. The fraction of sp³-hybridized carbons (Fsp3) is 0.300. The van der Waals surface area contributed by atoms with Gasteiger partial charge in [-0.3, -0.25) is 24.6 Å². The molecule has 0 saturated carbocycles. The first kappa shape index (κ1) is 19.0. The third-order valence-corrected chi connectivity index (χ3v) is 5.40. The number of imide groups is 1. The van der Waals surface area contributed by atoms with Gasteiger partial charge in [0.2, 0.25) is 5.91 Å². The topological polar surface area (TPSA) is 87.0 Å². The minimum Gasteiger partial charge on any atom is -0.369 e. The molecule has 0 bridgehead atoms. The van der Waals surface area contributed by atoms with E-state index in [0.29, 0.717) is 26.2 Å². The van der Waals surface area contributed by atoms with E-state index in [-0.39, 0.29) is 17.8 Å². The van der Waals surface area contributed by atoms with Crippen LogP contribution in [0.4, 0.5) is 21.5 Å². The second-order valence-electron chi connectivity index (χ2n) is 7.04. The maximum atomic E-state index is 14.1. The number of nitro benzene ring substituents is 1. The van der Waals surface area contributed by atoms with Crippen LogP contribution in [-0.2, 0) is 9.59 Å². The molecule has 2 aromatic rings. The molecule has 0 radical (unpaired) electrons. The van der Waals surface area contributed by atoms with Crippen LogP contribution in [0, 0.1) is 15.9 Å². The highest BCUT2D eigenvalue weighted by Gasteiger charge is 2.44. The van der Waals surface area contributed by atoms with E-state index >= 15 is 0 Å². The van der Waals surface area contributed by atoms with E-state index in [1.165, 1.54) is 30.3 Å². The van der Waals surface area contributed by atoms with Crippen LogP contribution in [0.2, 0.25) is 0 Å². The number of benzene rings is 2. The second kappa shape index (κ2) is 7.59. The van der Waals surface area contributed by atoms with Gasteiger partial charge in [-0.1, -0.05) is 12.1 Å². The second-order valence-corrected chi connectivity index (χ2v) is 7.04. The molecule has 0 aromatic heterocycles. The number of nitrogens with zero attached hydrogens (tertiary/aromatic N) is 4. The predicted octanol–water partition coefficient (Wildman–Crippen LogP) is 2.19. The molecule has 0 unspecified atom stereocenters. The highest BCUT2D eigenvalue weighted by atomic mass is 19.1. The number of para-hydroxylation sites is 1. The van der Waals surface area contributed by atoms with Crippen molar-refractivity contribution in [2.24, 2.45) is 0 Å². The molecule has 2 heterocycles. The van der Waals surface area contributed by atoms with Crippen molar-refractivity contribution in [1.82, 2.24) is 4.90 Å². The van der Waals surface area contributed by atoms with Crippen molar-refractivity contribution < 1.29 is 18.9 Å². The summed E-state index contributed by atoms with van der Waals surface area (Å²) < 4.78 is 14.1. The lowest BCUT2D eigenvalue weighted by Crippen LogP contribution is -2.52. The molecular weight excluding hydrogens is 379 g/mol. The summed E-state index contributed by atoms with van der Waals surface area (Å²) in [6.45, 7) is 2.36. The van der Waals surface area contributed by atoms with Crippen molar-refractivity contribution in [3.05, 3.63) is 64.5 Å². The molecule has 8 nitrogen and oxygen atoms in total. The Kier molecular flexibility index (Phi) is 4.98. The number of non-ortho nitro benzene ring substituents is 1. The van der Waals surface area contributed by atoms with E-state index in [0.717, 1.165) is 10.6 Å². The molecular formula is C20H19FN4O4. The van der Waals surface area contributed by atoms with Crippen LogP contribution in [-0.4, -0.2) is 53.9 Å². The number of piperazine rings is 1. The van der Waals surface area contributed by atoms with Crippen molar-refractivity contribution >= 4 is 28.9 Å². The molecule has 2 amide bonds. The highest BCUT2D eigenvalue weighted by molar-refractivity contribution is 6.22. The Morgan fingerprint density at radius 1 is 0.966 bits per heavy atom. The third kappa shape index (κ3) is 3.56. The van der Waals surface area contributed by atoms with Crippen molar-refractivity contribution in [3.8, 4) is 0 Å². The van der Waals surface area contributed by atoms with E-state index in [4.69, 9.17) is 0 Å². The van der Waals surface area contributed by atoms with E-state index in [1.54, 1.807) is 18.2 Å². The SMILES string of the molecule is O=C1C[C@H](N2CCN(c3ccc([N+](=O)[O-])cc3)CC2)C(=O)N1c1ccccc1F. The van der Waals surface area contributed by atoms with Gasteiger partial charge in [-0.25, -0.2) is 9.29 Å². The highest BCUT2D eigenvalue weighted by Crippen LogP contribution is 2.29. The quantitative estimate of drug-likeness (QED) is 0.446. The number of carbonyl (C=O) groups excluding carboxylic acids is 2. The number of hydrogen-bond donors (Lipinski definition) is 0. The number of carbonyl (C=O) groups is 2. The molecule has 150 valence electrons. The fourth-order valence-electron chi connectivity index (χ4n) is 3.86. The average molecular weight is 398 g/mol. The number of nitro groups is 1. The van der Waals surface area contributed by atoms with Gasteiger partial charge >= 0.3 is 0 Å². The van der Waals surface area contributed by atoms with Crippen LogP contribution in [0.15, 0.2) is 48.5 Å². The largest absolute Gasteiger partial charge is 0.369 e. The molecule has 29 heavy (non-hydrogen) atoms. The Morgan fingerprint density at radius 3 is 2.24 bits per heavy atom. The minimum atomic E-state index is -0.599. The van der Waals surface area contributed by atoms with Crippen LogP contribution >= 0.6 is 0 Å². The molecule has 0 aliphatic carbocycles. The summed E-state index contributed by atoms with van der Waals surface area (Å²) in [5.74, 6) is -1.40. The lowest BCUT2D eigenvalue weighted by atomic mass is 10.1. The number of amides is 2. The first-order valence-electron chi connectivity index (χ1n) is 9.30. The Hall–Kier alpha value is -3.33. The van der Waals surface area contributed by atoms with Crippen molar-refractivity contribution in [3.63, 3.8) is 0 Å². The number of rotatable bonds is 4. The van der Waals surface area contributed by atoms with E-state index < -0.39 is 28.6 Å². The smallest absolute Gasteiger partial charge is 0.269 e. The zero-order chi connectivity index (χ0) is 20.5. The molecule has 2 fully saturated rings. The number of hydrogen-bond acceptors (Lipinski definition) is 6. The molecule has 1 atom stereocenters. The molecule has 4 rings (SSSR count). The van der Waals surface area contributed by atoms with E-state index in [1.807, 2.05) is 4.90 Å². The van der Waals surface area contributed by atoms with E-state index in [9.17, 15) is 24.1 Å². The van der Waals surface area contributed by atoms with Gasteiger partial charge in [0.05, 0.1) is 23.1 Å². The summed E-state index contributed by atoms with van der Waals surface area (Å²) in [5, 5.41) is 10.8. The Bertz CT molecular complexity index is 957. The minimum absolute atomic E-state index is 0.00508. The molecule has 2 aromatic carbocycles. The first-order valence-corrected chi connectivity index (χ1v) is 9.30. The van der Waals surface area contributed by atoms with Gasteiger partial charge in [-0.2, -0.15) is 0 Å². The van der Waals surface area contributed by atoms with Gasteiger partial charge < -0.3 is 4.90 Å². The van der Waals surface area contributed by atoms with E-state index in [2.05, 4.69) is 4.90 Å². The summed E-state index contributed by atoms with van der Waals surface area (Å²) in [7, 11) is 0. The van der Waals surface area contributed by atoms with Crippen LogP contribution in [0.1, 0.15) is 6.42 Å². The van der Waals surface area contributed by atoms with Crippen LogP contribution in [0.3, 0.4) is 0 Å². The van der Waals surface area contributed by atoms with Crippen LogP contribution in [0.25, 0.3) is 0 Å². The summed E-state index contributed by atoms with van der Waals surface area (Å²) >= 11 is 0. The molecule has 2 saturated heterocycles. The molecule has 2 aliphatic heterocycles. The lowest BCUT2D eigenvalue weighted by Gasteiger charge is -2.38. The summed E-state index contributed by atoms with van der Waals surface area (Å²) in [6, 6.07) is 11.5. The summed E-state index contributed by atoms with van der Waals surface area (Å²) in [4.78, 5) is 40.6. The van der Waals surface area contributed by atoms with Gasteiger partial charge in [0.25, 0.3) is 11.6 Å². The van der Waals surface area contributed by atoms with Gasteiger partial charge in [0.15, 0.2) is 0 Å². The Morgan fingerprint density at radius 2 is 1.62 bits per heavy atom. The monoisotopic (exact) mass is 398 g/mol. The van der Waals surface area contributed by atoms with Gasteiger partial charge in [-0.15, -0.1) is 0 Å². The zero-order valence-electron chi connectivity index (χ0n) is 15.5. The van der Waals surface area contributed by atoms with Gasteiger partial charge in [-0.05, 0) is 24.3 Å². The Labute approximate surface area is 166 Å². The zero-order valence-corrected chi connectivity index (χ0v) is 15.5. The van der Waals surface area contributed by atoms with Crippen molar-refractivity contribution in [1.29, 1.82) is 0 Å². The lowest BCUT2D eigenvalue weighted by molar-refractivity contribution is -0.384. The fourth-order valence-corrected chi connectivity index (χ4v) is 3.86. The molecule has 0 N–H and O–H groups in total. The normalized spacial score (nSPS) is 20.4. The third-order valence-electron chi connectivity index (χ3n) is 5.40. The Balaban J connectivity index is 1.42. The first-order chi connectivity index (χ1) is 14.0. The van der Waals surface area contributed by atoms with Crippen LogP contribution < -0.4 is 9.80 Å². The van der Waals surface area contributed by atoms with Gasteiger partial charge in [0.1, 0.15) is 5.82 Å². The summed E-state index contributed by atoms with van der Waals surface area (Å²) in [6.07, 6.45) is 0.0324. The standard InChI is InChI=1S/C20H19FN4O4/c21-16-3-1-2-4-17(16)24-19(26)13-18(20(24)27)23-11-9-22(10-12-23)14-5-7-15(8-6-14)25(28)29/h1-8,18H,9-13H2/t18-/m0/s1. The predicted molar refractivity (Wildman–Crippen MR) is 104 cm³/mol. The number of halogens is 1. The maximum Gasteiger partial charge on any atom is 0.269 e. The average Bonchev–Trinajstić information content (AvgIpc) is 3.03. The summed E-state index contributed by atoms with van der Waals surface area (Å²) in [5.41, 5.74) is 0.905. The van der Waals surface area contributed by atoms with Crippen molar-refractivity contribution in [2.75, 3.05) is 36.0 Å². The molecule has 2 aliphatic rings.